The van der Waals surface area contributed by atoms with Crippen molar-refractivity contribution in [1.82, 2.24) is 14.6 Å². The van der Waals surface area contributed by atoms with Gasteiger partial charge in [0.2, 0.25) is 0 Å². The van der Waals surface area contributed by atoms with Crippen LogP contribution in [0.15, 0.2) is 36.5 Å². The smallest absolute Gasteiger partial charge is 0.185 e. The van der Waals surface area contributed by atoms with Crippen LogP contribution >= 0.6 is 23.2 Å². The number of anilines is 1. The summed E-state index contributed by atoms with van der Waals surface area (Å²) in [7, 11) is 0. The van der Waals surface area contributed by atoms with Crippen LogP contribution in [0.2, 0.25) is 10.0 Å². The molecule has 18 heavy (non-hydrogen) atoms. The summed E-state index contributed by atoms with van der Waals surface area (Å²) in [6.07, 6.45) is 1.79. The topological polar surface area (TPSA) is 56.2 Å². The summed E-state index contributed by atoms with van der Waals surface area (Å²) in [6, 6.07) is 9.08. The van der Waals surface area contributed by atoms with Gasteiger partial charge in [0, 0.05) is 16.8 Å². The molecule has 0 aliphatic rings. The third-order valence-electron chi connectivity index (χ3n) is 2.67. The first-order valence-corrected chi connectivity index (χ1v) is 5.97. The highest BCUT2D eigenvalue weighted by molar-refractivity contribution is 6.33. The number of nitrogens with two attached hydrogens (primary N) is 1. The van der Waals surface area contributed by atoms with E-state index < -0.39 is 0 Å². The van der Waals surface area contributed by atoms with Gasteiger partial charge in [-0.2, -0.15) is 0 Å². The maximum atomic E-state index is 5.94. The molecule has 0 aliphatic carbocycles. The average Bonchev–Trinajstić information content (AvgIpc) is 2.79. The van der Waals surface area contributed by atoms with Crippen molar-refractivity contribution >= 4 is 34.5 Å². The zero-order valence-corrected chi connectivity index (χ0v) is 10.7. The van der Waals surface area contributed by atoms with Crippen molar-refractivity contribution in [2.24, 2.45) is 0 Å². The number of nitrogens with zero attached hydrogens (tertiary/aromatic N) is 3. The number of nitrogen functional groups attached to an aromatic ring is 1. The Hall–Kier alpha value is -1.78. The molecular formula is C12H8Cl2N4. The second kappa shape index (κ2) is 4.15. The van der Waals surface area contributed by atoms with Gasteiger partial charge in [-0.3, -0.25) is 4.40 Å². The molecule has 6 heteroatoms. The van der Waals surface area contributed by atoms with Crippen LogP contribution in [-0.4, -0.2) is 14.6 Å². The third-order valence-corrected chi connectivity index (χ3v) is 3.25. The van der Waals surface area contributed by atoms with Crippen LogP contribution in [0.5, 0.6) is 0 Å². The zero-order valence-electron chi connectivity index (χ0n) is 9.14. The number of benzene rings is 1. The molecule has 0 radical (unpaired) electrons. The molecule has 0 atom stereocenters. The second-order valence-electron chi connectivity index (χ2n) is 3.80. The van der Waals surface area contributed by atoms with Gasteiger partial charge in [-0.25, -0.2) is 0 Å². The van der Waals surface area contributed by atoms with Gasteiger partial charge in [-0.15, -0.1) is 10.2 Å². The van der Waals surface area contributed by atoms with Gasteiger partial charge < -0.3 is 5.73 Å². The lowest BCUT2D eigenvalue weighted by molar-refractivity contribution is 1.11. The molecule has 90 valence electrons. The first-order valence-electron chi connectivity index (χ1n) is 5.21. The normalized spacial score (nSPS) is 11.0. The maximum absolute atomic E-state index is 5.94. The van der Waals surface area contributed by atoms with Crippen molar-refractivity contribution < 1.29 is 0 Å². The Morgan fingerprint density at radius 1 is 1.00 bits per heavy atom. The van der Waals surface area contributed by atoms with E-state index in [1.807, 2.05) is 12.1 Å². The molecule has 0 unspecified atom stereocenters. The number of pyridine rings is 1. The van der Waals surface area contributed by atoms with Crippen molar-refractivity contribution in [3.05, 3.63) is 46.6 Å². The first kappa shape index (κ1) is 11.3. The van der Waals surface area contributed by atoms with Crippen molar-refractivity contribution in [1.29, 1.82) is 0 Å². The van der Waals surface area contributed by atoms with Gasteiger partial charge in [-0.1, -0.05) is 23.2 Å². The highest BCUT2D eigenvalue weighted by atomic mass is 35.5. The number of hydrogen-bond donors (Lipinski definition) is 1. The van der Waals surface area contributed by atoms with E-state index in [9.17, 15) is 0 Å². The average molecular weight is 279 g/mol. The molecule has 2 N–H and O–H groups in total. The van der Waals surface area contributed by atoms with Crippen LogP contribution < -0.4 is 5.73 Å². The molecule has 0 fully saturated rings. The number of halogens is 2. The fraction of sp³-hybridized carbons (Fsp3) is 0. The molecule has 0 amide bonds. The fourth-order valence-electron chi connectivity index (χ4n) is 1.75. The van der Waals surface area contributed by atoms with Crippen molar-refractivity contribution in [2.45, 2.75) is 0 Å². The molecule has 1 aromatic carbocycles. The van der Waals surface area contributed by atoms with Gasteiger partial charge in [0.25, 0.3) is 0 Å². The molecule has 2 aromatic heterocycles. The second-order valence-corrected chi connectivity index (χ2v) is 4.65. The summed E-state index contributed by atoms with van der Waals surface area (Å²) in [6.45, 7) is 0. The molecule has 3 rings (SSSR count). The SMILES string of the molecule is Nc1c(Cl)ccn2c(-c3ccc(Cl)cc3)nnc12. The molecule has 0 saturated carbocycles. The van der Waals surface area contributed by atoms with Crippen molar-refractivity contribution in [3.63, 3.8) is 0 Å². The van der Waals surface area contributed by atoms with Gasteiger partial charge in [0.15, 0.2) is 11.5 Å². The quantitative estimate of drug-likeness (QED) is 0.743. The van der Waals surface area contributed by atoms with Crippen LogP contribution in [0, 0.1) is 0 Å². The fourth-order valence-corrected chi connectivity index (χ4v) is 2.02. The molecule has 0 aliphatic heterocycles. The summed E-state index contributed by atoms with van der Waals surface area (Å²) in [5.74, 6) is 0.699. The van der Waals surface area contributed by atoms with E-state index in [1.165, 1.54) is 0 Å². The predicted molar refractivity (Wildman–Crippen MR) is 72.9 cm³/mol. The maximum Gasteiger partial charge on any atom is 0.185 e. The zero-order chi connectivity index (χ0) is 12.7. The Labute approximate surface area is 113 Å². The summed E-state index contributed by atoms with van der Waals surface area (Å²) in [4.78, 5) is 0. The van der Waals surface area contributed by atoms with Gasteiger partial charge >= 0.3 is 0 Å². The number of fused-ring (bicyclic) bond motifs is 1. The van der Waals surface area contributed by atoms with Crippen LogP contribution in [0.3, 0.4) is 0 Å². The lowest BCUT2D eigenvalue weighted by atomic mass is 10.2. The summed E-state index contributed by atoms with van der Waals surface area (Å²) >= 11 is 11.8. The Kier molecular flexibility index (Phi) is 2.61. The minimum atomic E-state index is 0.423. The summed E-state index contributed by atoms with van der Waals surface area (Å²) < 4.78 is 1.80. The lowest BCUT2D eigenvalue weighted by Gasteiger charge is -2.02. The molecule has 0 saturated heterocycles. The van der Waals surface area contributed by atoms with Crippen molar-refractivity contribution in [2.75, 3.05) is 5.73 Å². The number of hydrogen-bond acceptors (Lipinski definition) is 3. The van der Waals surface area contributed by atoms with Crippen LogP contribution in [-0.2, 0) is 0 Å². The molecular weight excluding hydrogens is 271 g/mol. The molecule has 2 heterocycles. The van der Waals surface area contributed by atoms with Crippen molar-refractivity contribution in [3.8, 4) is 11.4 Å². The molecule has 0 spiro atoms. The minimum absolute atomic E-state index is 0.423. The van der Waals surface area contributed by atoms with Gasteiger partial charge in [0.1, 0.15) is 0 Å². The highest BCUT2D eigenvalue weighted by Gasteiger charge is 2.11. The highest BCUT2D eigenvalue weighted by Crippen LogP contribution is 2.26. The van der Waals surface area contributed by atoms with E-state index in [0.29, 0.717) is 27.2 Å². The number of aromatic nitrogens is 3. The predicted octanol–water partition coefficient (Wildman–Crippen LogP) is 3.29. The Bertz CT molecular complexity index is 719. The lowest BCUT2D eigenvalue weighted by Crippen LogP contribution is -1.94. The van der Waals surface area contributed by atoms with E-state index in [0.717, 1.165) is 5.56 Å². The minimum Gasteiger partial charge on any atom is -0.394 e. The summed E-state index contributed by atoms with van der Waals surface area (Å²) in [5.41, 5.74) is 7.74. The van der Waals surface area contributed by atoms with E-state index in [2.05, 4.69) is 10.2 Å². The molecule has 0 bridgehead atoms. The Morgan fingerprint density at radius 2 is 1.72 bits per heavy atom. The molecule has 4 nitrogen and oxygen atoms in total. The first-order chi connectivity index (χ1) is 8.66. The van der Waals surface area contributed by atoms with Crippen LogP contribution in [0.25, 0.3) is 17.0 Å². The van der Waals surface area contributed by atoms with E-state index in [1.54, 1.807) is 28.8 Å². The monoisotopic (exact) mass is 278 g/mol. The molecule has 3 aromatic rings. The third kappa shape index (κ3) is 1.70. The van der Waals surface area contributed by atoms with Gasteiger partial charge in [-0.05, 0) is 30.3 Å². The van der Waals surface area contributed by atoms with Gasteiger partial charge in [0.05, 0.1) is 10.7 Å². The van der Waals surface area contributed by atoms with Crippen LogP contribution in [0.4, 0.5) is 5.69 Å². The largest absolute Gasteiger partial charge is 0.394 e. The van der Waals surface area contributed by atoms with Crippen LogP contribution in [0.1, 0.15) is 0 Å². The standard InChI is InChI=1S/C12H8Cl2N4/c13-8-3-1-7(2-4-8)11-16-17-12-10(15)9(14)5-6-18(11)12/h1-6H,15H2. The van der Waals surface area contributed by atoms with E-state index in [4.69, 9.17) is 28.9 Å². The Morgan fingerprint density at radius 3 is 2.44 bits per heavy atom. The number of rotatable bonds is 1. The van der Waals surface area contributed by atoms with E-state index in [-0.39, 0.29) is 0 Å². The Balaban J connectivity index is 2.25. The van der Waals surface area contributed by atoms with E-state index >= 15 is 0 Å². The summed E-state index contributed by atoms with van der Waals surface area (Å²) in [5, 5.41) is 9.32.